The standard InChI is InChI=1S/C8H7IN4O2/c1-2-15-8(14)7-11-10-6-4-3-5(9)12-13(6)7/h3-4H,2H2,1H3. The smallest absolute Gasteiger partial charge is 0.378 e. The van der Waals surface area contributed by atoms with Gasteiger partial charge in [0.1, 0.15) is 3.70 Å². The zero-order valence-electron chi connectivity index (χ0n) is 7.85. The summed E-state index contributed by atoms with van der Waals surface area (Å²) in [7, 11) is 0. The molecule has 2 heterocycles. The number of esters is 1. The Morgan fingerprint density at radius 1 is 1.53 bits per heavy atom. The van der Waals surface area contributed by atoms with Gasteiger partial charge in [0.05, 0.1) is 6.61 Å². The van der Waals surface area contributed by atoms with Crippen LogP contribution in [0.25, 0.3) is 5.65 Å². The van der Waals surface area contributed by atoms with Crippen LogP contribution in [0.4, 0.5) is 0 Å². The molecule has 2 rings (SSSR count). The molecule has 0 atom stereocenters. The van der Waals surface area contributed by atoms with Crippen LogP contribution in [0, 0.1) is 3.70 Å². The van der Waals surface area contributed by atoms with Crippen LogP contribution in [0.5, 0.6) is 0 Å². The molecule has 0 radical (unpaired) electrons. The molecule has 2 aromatic rings. The summed E-state index contributed by atoms with van der Waals surface area (Å²) in [5, 5.41) is 11.7. The first-order chi connectivity index (χ1) is 7.22. The van der Waals surface area contributed by atoms with E-state index in [0.717, 1.165) is 3.70 Å². The fourth-order valence-electron chi connectivity index (χ4n) is 1.09. The van der Waals surface area contributed by atoms with Gasteiger partial charge in [0.2, 0.25) is 0 Å². The van der Waals surface area contributed by atoms with Crippen molar-refractivity contribution in [3.05, 3.63) is 21.7 Å². The Morgan fingerprint density at radius 2 is 2.33 bits per heavy atom. The summed E-state index contributed by atoms with van der Waals surface area (Å²) in [5.74, 6) is -0.412. The highest BCUT2D eigenvalue weighted by Gasteiger charge is 2.16. The molecule has 0 saturated carbocycles. The SMILES string of the molecule is CCOC(=O)c1nnc2ccc(I)nn12. The van der Waals surface area contributed by atoms with Crippen LogP contribution in [-0.2, 0) is 4.74 Å². The van der Waals surface area contributed by atoms with E-state index in [0.29, 0.717) is 12.3 Å². The van der Waals surface area contributed by atoms with Gasteiger partial charge < -0.3 is 4.74 Å². The Hall–Kier alpha value is -1.25. The van der Waals surface area contributed by atoms with E-state index in [2.05, 4.69) is 15.3 Å². The molecule has 2 aromatic heterocycles. The number of carbonyl (C=O) groups is 1. The van der Waals surface area contributed by atoms with Crippen molar-refractivity contribution >= 4 is 34.2 Å². The summed E-state index contributed by atoms with van der Waals surface area (Å²) in [4.78, 5) is 11.4. The molecule has 0 N–H and O–H groups in total. The summed E-state index contributed by atoms with van der Waals surface area (Å²) >= 11 is 2.05. The number of hydrogen-bond donors (Lipinski definition) is 0. The first kappa shape index (κ1) is 10.3. The summed E-state index contributed by atoms with van der Waals surface area (Å²) in [6.45, 7) is 2.04. The molecule has 7 heteroatoms. The minimum Gasteiger partial charge on any atom is -0.460 e. The van der Waals surface area contributed by atoms with Gasteiger partial charge >= 0.3 is 5.97 Å². The van der Waals surface area contributed by atoms with E-state index in [4.69, 9.17) is 4.74 Å². The predicted octanol–water partition coefficient (Wildman–Crippen LogP) is 0.906. The van der Waals surface area contributed by atoms with Crippen LogP contribution < -0.4 is 0 Å². The lowest BCUT2D eigenvalue weighted by Crippen LogP contribution is -2.11. The van der Waals surface area contributed by atoms with Crippen molar-refractivity contribution in [1.82, 2.24) is 19.8 Å². The number of rotatable bonds is 2. The number of fused-ring (bicyclic) bond motifs is 1. The first-order valence-electron chi connectivity index (χ1n) is 4.27. The van der Waals surface area contributed by atoms with Crippen molar-refractivity contribution in [3.8, 4) is 0 Å². The average molecular weight is 318 g/mol. The molecular formula is C8H7IN4O2. The van der Waals surface area contributed by atoms with Gasteiger partial charge in [0, 0.05) is 0 Å². The minimum atomic E-state index is -0.514. The van der Waals surface area contributed by atoms with Crippen molar-refractivity contribution in [2.45, 2.75) is 6.92 Å². The van der Waals surface area contributed by atoms with Crippen LogP contribution >= 0.6 is 22.6 Å². The van der Waals surface area contributed by atoms with E-state index < -0.39 is 5.97 Å². The molecule has 6 nitrogen and oxygen atoms in total. The molecule has 0 unspecified atom stereocenters. The summed E-state index contributed by atoms with van der Waals surface area (Å²) in [5.41, 5.74) is 0.526. The van der Waals surface area contributed by atoms with Crippen molar-refractivity contribution < 1.29 is 9.53 Å². The van der Waals surface area contributed by atoms with Crippen LogP contribution in [0.2, 0.25) is 0 Å². The summed E-state index contributed by atoms with van der Waals surface area (Å²) in [6.07, 6.45) is 0. The molecule has 0 aromatic carbocycles. The van der Waals surface area contributed by atoms with Gasteiger partial charge in [-0.15, -0.1) is 10.2 Å². The molecule has 0 spiro atoms. The molecule has 0 bridgehead atoms. The van der Waals surface area contributed by atoms with Crippen molar-refractivity contribution in [3.63, 3.8) is 0 Å². The third-order valence-electron chi connectivity index (χ3n) is 1.69. The van der Waals surface area contributed by atoms with Crippen LogP contribution in [0.1, 0.15) is 17.5 Å². The largest absolute Gasteiger partial charge is 0.460 e. The number of aromatic nitrogens is 4. The number of halogens is 1. The van der Waals surface area contributed by atoms with E-state index in [1.165, 1.54) is 4.52 Å². The lowest BCUT2D eigenvalue weighted by atomic mass is 10.5. The Bertz CT molecular complexity index is 510. The van der Waals surface area contributed by atoms with Crippen LogP contribution in [0.15, 0.2) is 12.1 Å². The Balaban J connectivity index is 2.52. The van der Waals surface area contributed by atoms with E-state index in [1.807, 2.05) is 22.6 Å². The Morgan fingerprint density at radius 3 is 3.07 bits per heavy atom. The number of ether oxygens (including phenoxy) is 1. The van der Waals surface area contributed by atoms with Gasteiger partial charge in [0.15, 0.2) is 5.65 Å². The molecule has 0 aliphatic rings. The third-order valence-corrected chi connectivity index (χ3v) is 2.26. The average Bonchev–Trinajstić information content (AvgIpc) is 2.60. The third kappa shape index (κ3) is 1.91. The number of hydrogen-bond acceptors (Lipinski definition) is 5. The van der Waals surface area contributed by atoms with Gasteiger partial charge in [-0.25, -0.2) is 4.79 Å². The normalized spacial score (nSPS) is 10.5. The maximum Gasteiger partial charge on any atom is 0.378 e. The molecule has 0 aliphatic heterocycles. The van der Waals surface area contributed by atoms with Crippen molar-refractivity contribution in [2.75, 3.05) is 6.61 Å². The van der Waals surface area contributed by atoms with Crippen LogP contribution in [0.3, 0.4) is 0 Å². The fourth-order valence-corrected chi connectivity index (χ4v) is 1.48. The van der Waals surface area contributed by atoms with E-state index in [9.17, 15) is 4.79 Å². The zero-order valence-corrected chi connectivity index (χ0v) is 10.0. The molecular weight excluding hydrogens is 311 g/mol. The second-order valence-corrected chi connectivity index (χ2v) is 3.78. The maximum absolute atomic E-state index is 11.4. The maximum atomic E-state index is 11.4. The Kier molecular flexibility index (Phi) is 2.80. The van der Waals surface area contributed by atoms with Crippen molar-refractivity contribution in [1.29, 1.82) is 0 Å². The highest BCUT2D eigenvalue weighted by atomic mass is 127. The number of nitrogens with zero attached hydrogens (tertiary/aromatic N) is 4. The molecule has 15 heavy (non-hydrogen) atoms. The predicted molar refractivity (Wildman–Crippen MR) is 59.5 cm³/mol. The second-order valence-electron chi connectivity index (χ2n) is 2.67. The van der Waals surface area contributed by atoms with Gasteiger partial charge in [-0.1, -0.05) is 0 Å². The molecule has 0 saturated heterocycles. The fraction of sp³-hybridized carbons (Fsp3) is 0.250. The minimum absolute atomic E-state index is 0.102. The van der Waals surface area contributed by atoms with E-state index in [1.54, 1.807) is 19.1 Å². The van der Waals surface area contributed by atoms with E-state index >= 15 is 0 Å². The second kappa shape index (κ2) is 4.09. The van der Waals surface area contributed by atoms with Gasteiger partial charge in [-0.2, -0.15) is 9.61 Å². The molecule has 0 fully saturated rings. The number of carbonyl (C=O) groups excluding carboxylic acids is 1. The lowest BCUT2D eigenvalue weighted by molar-refractivity contribution is 0.0509. The highest BCUT2D eigenvalue weighted by molar-refractivity contribution is 14.1. The van der Waals surface area contributed by atoms with E-state index in [-0.39, 0.29) is 5.82 Å². The van der Waals surface area contributed by atoms with Gasteiger partial charge in [0.25, 0.3) is 5.82 Å². The molecule has 0 aliphatic carbocycles. The summed E-state index contributed by atoms with van der Waals surface area (Å²) < 4.78 is 6.96. The van der Waals surface area contributed by atoms with Gasteiger partial charge in [-0.05, 0) is 41.6 Å². The first-order valence-corrected chi connectivity index (χ1v) is 5.35. The Labute approximate surface area is 98.8 Å². The monoisotopic (exact) mass is 318 g/mol. The van der Waals surface area contributed by atoms with Gasteiger partial charge in [-0.3, -0.25) is 0 Å². The molecule has 0 amide bonds. The van der Waals surface area contributed by atoms with Crippen LogP contribution in [-0.4, -0.2) is 32.4 Å². The molecule has 78 valence electrons. The topological polar surface area (TPSA) is 69.4 Å². The quantitative estimate of drug-likeness (QED) is 0.608. The van der Waals surface area contributed by atoms with Crippen molar-refractivity contribution in [2.24, 2.45) is 0 Å². The lowest BCUT2D eigenvalue weighted by Gasteiger charge is -1.98. The highest BCUT2D eigenvalue weighted by Crippen LogP contribution is 2.06. The zero-order chi connectivity index (χ0) is 10.8. The summed E-state index contributed by atoms with van der Waals surface area (Å²) in [6, 6.07) is 3.53.